The zero-order valence-electron chi connectivity index (χ0n) is 9.96. The molecule has 1 aliphatic rings. The molecule has 18 heavy (non-hydrogen) atoms. The molecule has 7 heteroatoms. The summed E-state index contributed by atoms with van der Waals surface area (Å²) in [6, 6.07) is 0.468. The summed E-state index contributed by atoms with van der Waals surface area (Å²) in [5.74, 6) is 0.481. The predicted molar refractivity (Wildman–Crippen MR) is 57.8 cm³/mol. The van der Waals surface area contributed by atoms with Crippen molar-refractivity contribution in [1.29, 1.82) is 0 Å². The number of nitrogens with zero attached hydrogens (tertiary/aromatic N) is 2. The highest BCUT2D eigenvalue weighted by Crippen LogP contribution is 2.21. The Hall–Kier alpha value is -1.11. The molecule has 1 aromatic rings. The fraction of sp³-hybridized carbons (Fsp3) is 0.818. The SMILES string of the molecule is FC(F)(F)CCc1noc(CNC2CCCC2)n1. The lowest BCUT2D eigenvalue weighted by Crippen LogP contribution is -2.25. The molecule has 0 unspecified atom stereocenters. The Morgan fingerprint density at radius 1 is 1.28 bits per heavy atom. The molecule has 0 bridgehead atoms. The Morgan fingerprint density at radius 3 is 2.67 bits per heavy atom. The number of halogens is 3. The first-order chi connectivity index (χ1) is 8.53. The van der Waals surface area contributed by atoms with Crippen molar-refractivity contribution in [2.45, 2.75) is 57.3 Å². The van der Waals surface area contributed by atoms with Crippen molar-refractivity contribution in [3.8, 4) is 0 Å². The van der Waals surface area contributed by atoms with Gasteiger partial charge in [-0.2, -0.15) is 18.2 Å². The first-order valence-electron chi connectivity index (χ1n) is 6.14. The van der Waals surface area contributed by atoms with Gasteiger partial charge in [0.15, 0.2) is 5.82 Å². The molecule has 0 amide bonds. The van der Waals surface area contributed by atoms with Crippen molar-refractivity contribution < 1.29 is 17.7 Å². The molecular formula is C11H16F3N3O. The first-order valence-corrected chi connectivity index (χ1v) is 6.14. The van der Waals surface area contributed by atoms with Gasteiger partial charge in [0.2, 0.25) is 5.89 Å². The molecule has 0 spiro atoms. The normalized spacial score (nSPS) is 17.5. The maximum atomic E-state index is 12.0. The van der Waals surface area contributed by atoms with E-state index in [1.54, 1.807) is 0 Å². The van der Waals surface area contributed by atoms with Gasteiger partial charge in [0.25, 0.3) is 0 Å². The second-order valence-corrected chi connectivity index (χ2v) is 4.58. The third kappa shape index (κ3) is 4.29. The smallest absolute Gasteiger partial charge is 0.338 e. The highest BCUT2D eigenvalue weighted by Gasteiger charge is 2.27. The van der Waals surface area contributed by atoms with E-state index in [4.69, 9.17) is 4.52 Å². The minimum Gasteiger partial charge on any atom is -0.338 e. The molecule has 1 fully saturated rings. The third-order valence-corrected chi connectivity index (χ3v) is 3.04. The number of alkyl halides is 3. The fourth-order valence-electron chi connectivity index (χ4n) is 2.08. The van der Waals surface area contributed by atoms with Gasteiger partial charge >= 0.3 is 6.18 Å². The van der Waals surface area contributed by atoms with Gasteiger partial charge in [-0.25, -0.2) is 0 Å². The van der Waals surface area contributed by atoms with E-state index in [9.17, 15) is 13.2 Å². The van der Waals surface area contributed by atoms with Crippen molar-refractivity contribution in [2.75, 3.05) is 0 Å². The van der Waals surface area contributed by atoms with E-state index in [2.05, 4.69) is 15.5 Å². The molecule has 0 aromatic carbocycles. The van der Waals surface area contributed by atoms with E-state index in [0.29, 0.717) is 18.5 Å². The maximum absolute atomic E-state index is 12.0. The van der Waals surface area contributed by atoms with Gasteiger partial charge in [0, 0.05) is 12.5 Å². The topological polar surface area (TPSA) is 51.0 Å². The minimum absolute atomic E-state index is 0.121. The van der Waals surface area contributed by atoms with Gasteiger partial charge in [-0.1, -0.05) is 18.0 Å². The van der Waals surface area contributed by atoms with Gasteiger partial charge in [-0.05, 0) is 12.8 Å². The van der Waals surface area contributed by atoms with Crippen LogP contribution in [0.15, 0.2) is 4.52 Å². The monoisotopic (exact) mass is 263 g/mol. The zero-order chi connectivity index (χ0) is 13.0. The van der Waals surface area contributed by atoms with Gasteiger partial charge < -0.3 is 9.84 Å². The quantitative estimate of drug-likeness (QED) is 0.887. The van der Waals surface area contributed by atoms with Crippen LogP contribution in [0.5, 0.6) is 0 Å². The molecule has 0 atom stereocenters. The van der Waals surface area contributed by atoms with Crippen molar-refractivity contribution in [1.82, 2.24) is 15.5 Å². The summed E-state index contributed by atoms with van der Waals surface area (Å²) in [5.41, 5.74) is 0. The molecule has 4 nitrogen and oxygen atoms in total. The van der Waals surface area contributed by atoms with Gasteiger partial charge in [-0.15, -0.1) is 0 Å². The second kappa shape index (κ2) is 5.69. The van der Waals surface area contributed by atoms with E-state index in [0.717, 1.165) is 12.8 Å². The Labute approximate surface area is 103 Å². The van der Waals surface area contributed by atoms with Crippen LogP contribution in [0.2, 0.25) is 0 Å². The first kappa shape index (κ1) is 13.3. The molecule has 1 aliphatic carbocycles. The Morgan fingerprint density at radius 2 is 2.00 bits per heavy atom. The summed E-state index contributed by atoms with van der Waals surface area (Å²) >= 11 is 0. The molecule has 0 aliphatic heterocycles. The lowest BCUT2D eigenvalue weighted by molar-refractivity contribution is -0.134. The van der Waals surface area contributed by atoms with Crippen LogP contribution in [0, 0.1) is 0 Å². The standard InChI is InChI=1S/C11H16F3N3O/c12-11(13,14)6-5-9-16-10(18-17-9)7-15-8-3-1-2-4-8/h8,15H,1-7H2. The van der Waals surface area contributed by atoms with Crippen LogP contribution in [0.25, 0.3) is 0 Å². The van der Waals surface area contributed by atoms with Crippen molar-refractivity contribution in [2.24, 2.45) is 0 Å². The third-order valence-electron chi connectivity index (χ3n) is 3.04. The highest BCUT2D eigenvalue weighted by molar-refractivity contribution is 4.88. The number of hydrogen-bond donors (Lipinski definition) is 1. The van der Waals surface area contributed by atoms with Crippen LogP contribution in [-0.4, -0.2) is 22.4 Å². The van der Waals surface area contributed by atoms with E-state index in [1.165, 1.54) is 12.8 Å². The highest BCUT2D eigenvalue weighted by atomic mass is 19.4. The summed E-state index contributed by atoms with van der Waals surface area (Å²) in [4.78, 5) is 3.93. The molecule has 0 saturated heterocycles. The number of aryl methyl sites for hydroxylation is 1. The lowest BCUT2D eigenvalue weighted by Gasteiger charge is -2.08. The van der Waals surface area contributed by atoms with Crippen molar-refractivity contribution in [3.63, 3.8) is 0 Å². The van der Waals surface area contributed by atoms with Gasteiger partial charge in [0.1, 0.15) is 0 Å². The van der Waals surface area contributed by atoms with E-state index >= 15 is 0 Å². The number of rotatable bonds is 5. The minimum atomic E-state index is -4.18. The molecule has 1 saturated carbocycles. The fourth-order valence-corrected chi connectivity index (χ4v) is 2.08. The summed E-state index contributed by atoms with van der Waals surface area (Å²) in [5, 5.41) is 6.80. The Kier molecular flexibility index (Phi) is 4.21. The molecule has 1 N–H and O–H groups in total. The second-order valence-electron chi connectivity index (χ2n) is 4.58. The van der Waals surface area contributed by atoms with E-state index in [-0.39, 0.29) is 12.2 Å². The van der Waals surface area contributed by atoms with Crippen LogP contribution >= 0.6 is 0 Å². The van der Waals surface area contributed by atoms with Crippen molar-refractivity contribution >= 4 is 0 Å². The van der Waals surface area contributed by atoms with Crippen LogP contribution < -0.4 is 5.32 Å². The van der Waals surface area contributed by atoms with Crippen LogP contribution in [0.4, 0.5) is 13.2 Å². The number of hydrogen-bond acceptors (Lipinski definition) is 4. The van der Waals surface area contributed by atoms with E-state index < -0.39 is 12.6 Å². The lowest BCUT2D eigenvalue weighted by atomic mass is 10.2. The summed E-state index contributed by atoms with van der Waals surface area (Å²) in [6.07, 6.45) is -0.609. The van der Waals surface area contributed by atoms with Gasteiger partial charge in [-0.3, -0.25) is 0 Å². The molecule has 2 rings (SSSR count). The van der Waals surface area contributed by atoms with Gasteiger partial charge in [0.05, 0.1) is 13.0 Å². The maximum Gasteiger partial charge on any atom is 0.389 e. The molecule has 0 radical (unpaired) electrons. The molecule has 1 heterocycles. The van der Waals surface area contributed by atoms with Crippen molar-refractivity contribution in [3.05, 3.63) is 11.7 Å². The predicted octanol–water partition coefficient (Wildman–Crippen LogP) is 2.60. The van der Waals surface area contributed by atoms with Crippen LogP contribution in [-0.2, 0) is 13.0 Å². The summed E-state index contributed by atoms with van der Waals surface area (Å²) < 4.78 is 40.9. The van der Waals surface area contributed by atoms with Crippen LogP contribution in [0.3, 0.4) is 0 Å². The molecular weight excluding hydrogens is 247 g/mol. The average Bonchev–Trinajstić information content (AvgIpc) is 2.94. The van der Waals surface area contributed by atoms with Crippen LogP contribution in [0.1, 0.15) is 43.8 Å². The summed E-state index contributed by atoms with van der Waals surface area (Å²) in [7, 11) is 0. The average molecular weight is 263 g/mol. The number of nitrogens with one attached hydrogen (secondary N) is 1. The molecule has 102 valence electrons. The summed E-state index contributed by atoms with van der Waals surface area (Å²) in [6.45, 7) is 0.434. The Balaban J connectivity index is 1.75. The largest absolute Gasteiger partial charge is 0.389 e. The zero-order valence-corrected chi connectivity index (χ0v) is 9.96. The van der Waals surface area contributed by atoms with E-state index in [1.807, 2.05) is 0 Å². The Bertz CT molecular complexity index is 372. The molecule has 1 aromatic heterocycles. The number of aromatic nitrogens is 2.